The number of aliphatic imine (C=N–C) groups is 2. The van der Waals surface area contributed by atoms with Crippen LogP contribution in [-0.2, 0) is 88.0 Å². The van der Waals surface area contributed by atoms with Crippen LogP contribution >= 0.6 is 12.6 Å². The smallest absolute Gasteiger partial charge is 0.326 e. The number of aromatic nitrogens is 2. The normalized spacial score (nSPS) is 16.1. The van der Waals surface area contributed by atoms with E-state index in [2.05, 4.69) is 91.1 Å². The van der Waals surface area contributed by atoms with E-state index < -0.39 is 167 Å². The number of aliphatic hydroxyl groups excluding tert-OH is 1. The number of likely N-dealkylation sites (tertiary alicyclic amines) is 1. The highest BCUT2D eigenvalue weighted by Crippen LogP contribution is 2.22. The van der Waals surface area contributed by atoms with Crippen molar-refractivity contribution in [2.75, 3.05) is 25.4 Å². The number of carboxylic acids is 1. The molecule has 15 atom stereocenters. The van der Waals surface area contributed by atoms with Crippen molar-refractivity contribution in [1.29, 1.82) is 0 Å². The lowest BCUT2D eigenvalue weighted by Crippen LogP contribution is -2.62. The highest BCUT2D eigenvalue weighted by atomic mass is 32.1. The first kappa shape index (κ1) is 97.4. The first-order valence-corrected chi connectivity index (χ1v) is 40.7. The molecule has 4 aromatic rings. The number of carbonyl (C=O) groups is 13. The van der Waals surface area contributed by atoms with Crippen molar-refractivity contribution in [2.45, 2.75) is 237 Å². The largest absolute Gasteiger partial charge is 0.480 e. The van der Waals surface area contributed by atoms with E-state index in [1.807, 2.05) is 51.1 Å². The molecule has 1 aliphatic rings. The van der Waals surface area contributed by atoms with Gasteiger partial charge in [-0.25, -0.2) is 9.78 Å². The number of H-pyrrole nitrogens is 1. The Balaban J connectivity index is 1.43. The number of hydrogen-bond acceptors (Lipinski definition) is 19. The van der Waals surface area contributed by atoms with Crippen LogP contribution in [0.1, 0.15) is 149 Å². The van der Waals surface area contributed by atoms with Crippen LogP contribution < -0.4 is 87.2 Å². The molecule has 0 unspecified atom stereocenters. The second kappa shape index (κ2) is 49.8. The predicted octanol–water partition coefficient (Wildman–Crippen LogP) is -0.982. The number of rotatable bonds is 50. The summed E-state index contributed by atoms with van der Waals surface area (Å²) >= 11 is 4.39. The van der Waals surface area contributed by atoms with Crippen molar-refractivity contribution in [3.63, 3.8) is 0 Å². The summed E-state index contributed by atoms with van der Waals surface area (Å²) in [6.07, 6.45) is 1.63. The molecule has 5 rings (SSSR count). The zero-order valence-corrected chi connectivity index (χ0v) is 69.7. The molecule has 36 nitrogen and oxygen atoms in total. The number of aliphatic carboxylic acids is 1. The fourth-order valence-electron chi connectivity index (χ4n) is 13.3. The molecule has 0 aliphatic carbocycles. The number of carboxylic acid groups (broad SMARTS) is 1. The predicted molar refractivity (Wildman–Crippen MR) is 447 cm³/mol. The lowest BCUT2D eigenvalue weighted by Gasteiger charge is -2.31. The number of thiol groups is 1. The topological polar surface area (TPSA) is 581 Å². The van der Waals surface area contributed by atoms with Crippen LogP contribution in [0.5, 0.6) is 0 Å². The Kier molecular flexibility index (Phi) is 41.1. The van der Waals surface area contributed by atoms with E-state index in [9.17, 15) is 53.4 Å². The van der Waals surface area contributed by atoms with Crippen LogP contribution in [0.2, 0.25) is 0 Å². The molecule has 0 bridgehead atoms. The molecule has 0 spiro atoms. The zero-order chi connectivity index (χ0) is 87.3. The molecule has 0 radical (unpaired) electrons. The zero-order valence-electron chi connectivity index (χ0n) is 68.8. The summed E-state index contributed by atoms with van der Waals surface area (Å²) in [5, 5.41) is 50.3. The summed E-state index contributed by atoms with van der Waals surface area (Å²) in [6, 6.07) is 8.80. The number of amides is 12. The number of nitrogens with zero attached hydrogens (tertiary/aromatic N) is 4. The minimum Gasteiger partial charge on any atom is -0.480 e. The lowest BCUT2D eigenvalue weighted by molar-refractivity contribution is -0.144. The third-order valence-corrected chi connectivity index (χ3v) is 20.1. The molecule has 12 amide bonds. The minimum atomic E-state index is -1.63. The Bertz CT molecular complexity index is 3980. The van der Waals surface area contributed by atoms with E-state index in [0.29, 0.717) is 29.7 Å². The maximum absolute atomic E-state index is 15.2. The Morgan fingerprint density at radius 3 is 1.28 bits per heavy atom. The van der Waals surface area contributed by atoms with Gasteiger partial charge in [0.15, 0.2) is 11.9 Å². The van der Waals surface area contributed by atoms with Crippen molar-refractivity contribution in [2.24, 2.45) is 62.3 Å². The number of aliphatic hydroxyl groups is 1. The van der Waals surface area contributed by atoms with Crippen LogP contribution in [0.4, 0.5) is 0 Å². The Hall–Kier alpha value is -11.2. The Morgan fingerprint density at radius 2 is 0.873 bits per heavy atom. The van der Waals surface area contributed by atoms with Gasteiger partial charge in [0.05, 0.1) is 18.5 Å². The van der Waals surface area contributed by atoms with Gasteiger partial charge in [-0.15, -0.1) is 0 Å². The second-order valence-corrected chi connectivity index (χ2v) is 31.5. The van der Waals surface area contributed by atoms with E-state index >= 15 is 19.2 Å². The maximum Gasteiger partial charge on any atom is 0.326 e. The van der Waals surface area contributed by atoms with Gasteiger partial charge >= 0.3 is 5.97 Å². The number of nitrogens with two attached hydrogens (primary N) is 5. The number of imidazole rings is 1. The first-order chi connectivity index (χ1) is 56.0. The molecular formula is C81H123N21O15S. The molecule has 118 heavy (non-hydrogen) atoms. The number of benzene rings is 3. The standard InChI is InChI=1S/C81H123N21O15S/c1-10-48(8)65(100-67(104)54(82)38-50-23-14-11-15-24-50)76(113)97-58(36-46(4)5)71(108)94-60(40-52-27-18-13-19-28-52)73(110)95-59(39-51-25-16-12-17-26-51)72(109)93-57(35-45(2)3)70(107)91-55(29-20-32-88-80(83)84)68(105)96-61(41-53-42-87-44-90-53)74(111)92-56(30-21-33-89-81(85)86)69(106)99-63(43-118)78(115)102-34-22-31-64(102)75(112)101-66(49(9)103)77(114)98-62(79(116)117)37-47(6)7/h11-19,23-28,42,44-49,54-66,103,118H,10,20-22,29-41,43,82H2,1-9H3,(H,87,90)(H,91,107)(H,92,111)(H,93,109)(H,94,108)(H,95,110)(H,96,105)(H,97,113)(H,98,114)(H,99,106)(H,100,104)(H,101,112)(H,116,117)(H4,83,84,88)(H4,85,86,89)/t48-,49+,54-,55-,56-,57-,58-,59-,60-,61-,62-,63-,64-,65-,66-/m0/s1. The number of guanidine groups is 2. The van der Waals surface area contributed by atoms with Gasteiger partial charge in [0.1, 0.15) is 72.5 Å². The summed E-state index contributed by atoms with van der Waals surface area (Å²) < 4.78 is 0. The molecule has 1 aliphatic heterocycles. The van der Waals surface area contributed by atoms with Crippen molar-refractivity contribution >= 4 is 101 Å². The van der Waals surface area contributed by atoms with Gasteiger partial charge < -0.3 is 107 Å². The number of hydrogen-bond donors (Lipinski definition) is 20. The van der Waals surface area contributed by atoms with Gasteiger partial charge in [0, 0.05) is 56.5 Å². The molecule has 0 saturated carbocycles. The van der Waals surface area contributed by atoms with Crippen LogP contribution in [0.25, 0.3) is 0 Å². The summed E-state index contributed by atoms with van der Waals surface area (Å²) in [7, 11) is 0. The monoisotopic (exact) mass is 1660 g/mol. The molecular weight excluding hydrogens is 1540 g/mol. The van der Waals surface area contributed by atoms with E-state index in [1.165, 1.54) is 24.3 Å². The number of aromatic amines is 1. The molecule has 3 aromatic carbocycles. The van der Waals surface area contributed by atoms with E-state index in [1.54, 1.807) is 95.3 Å². The van der Waals surface area contributed by atoms with E-state index in [4.69, 9.17) is 28.7 Å². The molecule has 648 valence electrons. The van der Waals surface area contributed by atoms with Gasteiger partial charge in [-0.05, 0) is 111 Å². The number of nitrogens with one attached hydrogen (secondary N) is 12. The molecule has 1 aromatic heterocycles. The van der Waals surface area contributed by atoms with Crippen molar-refractivity contribution in [1.82, 2.24) is 73.4 Å². The van der Waals surface area contributed by atoms with E-state index in [-0.39, 0.29) is 132 Å². The van der Waals surface area contributed by atoms with E-state index in [0.717, 1.165) is 5.56 Å². The highest BCUT2D eigenvalue weighted by molar-refractivity contribution is 7.80. The Labute approximate surface area is 694 Å². The van der Waals surface area contributed by atoms with Crippen LogP contribution in [0, 0.1) is 23.7 Å². The second-order valence-electron chi connectivity index (χ2n) is 31.1. The van der Waals surface area contributed by atoms with Crippen molar-refractivity contribution in [3.8, 4) is 0 Å². The maximum atomic E-state index is 15.2. The third kappa shape index (κ3) is 33.4. The summed E-state index contributed by atoms with van der Waals surface area (Å²) in [5.41, 5.74) is 31.3. The number of carbonyl (C=O) groups excluding carboxylic acids is 12. The first-order valence-electron chi connectivity index (χ1n) is 40.1. The average molecular weight is 1660 g/mol. The van der Waals surface area contributed by atoms with Crippen LogP contribution in [-0.4, -0.2) is 224 Å². The van der Waals surface area contributed by atoms with Crippen LogP contribution in [0.3, 0.4) is 0 Å². The average Bonchev–Trinajstić information content (AvgIpc) is 1.63. The molecule has 1 fully saturated rings. The third-order valence-electron chi connectivity index (χ3n) is 19.7. The minimum absolute atomic E-state index is 0.00856. The highest BCUT2D eigenvalue weighted by Gasteiger charge is 2.42. The molecule has 37 heteroatoms. The SMILES string of the molecule is CC[C@H](C)[C@H](NC(=O)[C@@H](N)Cc1ccccc1)C(=O)N[C@@H](CC(C)C)C(=O)N[C@@H](Cc1ccccc1)C(=O)N[C@@H](Cc1ccccc1)C(=O)N[C@@H](CC(C)C)C(=O)N[C@@H](CCCN=C(N)N)C(=O)N[C@@H](Cc1cnc[nH]1)C(=O)N[C@@H](CCCN=C(N)N)C(=O)N[C@@H](CS)C(=O)N1CCC[C@H]1C(=O)N[C@H](C(=O)N[C@@H](CC(C)C)C(=O)O)[C@@H](C)O. The fourth-order valence-corrected chi connectivity index (χ4v) is 13.5. The lowest BCUT2D eigenvalue weighted by atomic mass is 9.95. The molecule has 2 heterocycles. The van der Waals surface area contributed by atoms with Crippen molar-refractivity contribution < 1.29 is 72.5 Å². The quantitative estimate of drug-likeness (QED) is 0.0109. The van der Waals surface area contributed by atoms with Gasteiger partial charge in [-0.1, -0.05) is 153 Å². The van der Waals surface area contributed by atoms with Gasteiger partial charge in [-0.2, -0.15) is 12.6 Å². The molecule has 24 N–H and O–H groups in total. The summed E-state index contributed by atoms with van der Waals surface area (Å²) in [5.74, 6) is -13.1. The summed E-state index contributed by atoms with van der Waals surface area (Å²) in [6.45, 7) is 15.6. The summed E-state index contributed by atoms with van der Waals surface area (Å²) in [4.78, 5) is 203. The van der Waals surface area contributed by atoms with Gasteiger partial charge in [0.2, 0.25) is 70.9 Å². The fraction of sp³-hybridized carbons (Fsp3) is 0.556. The van der Waals surface area contributed by atoms with Crippen molar-refractivity contribution in [3.05, 3.63) is 126 Å². The van der Waals surface area contributed by atoms with Gasteiger partial charge in [0.25, 0.3) is 0 Å². The molecule has 1 saturated heterocycles. The van der Waals surface area contributed by atoms with Gasteiger partial charge in [-0.3, -0.25) is 67.5 Å². The Morgan fingerprint density at radius 1 is 0.492 bits per heavy atom. The van der Waals surface area contributed by atoms with Crippen LogP contribution in [0.15, 0.2) is 114 Å².